The van der Waals surface area contributed by atoms with E-state index in [1.54, 1.807) is 18.2 Å². The van der Waals surface area contributed by atoms with Gasteiger partial charge in [0.05, 0.1) is 23.3 Å². The van der Waals surface area contributed by atoms with Crippen LogP contribution in [0.2, 0.25) is 0 Å². The third-order valence-electron chi connectivity index (χ3n) is 3.55. The van der Waals surface area contributed by atoms with Gasteiger partial charge in [0.2, 0.25) is 0 Å². The minimum absolute atomic E-state index is 0.436. The van der Waals surface area contributed by atoms with Gasteiger partial charge < -0.3 is 9.32 Å². The van der Waals surface area contributed by atoms with Crippen LogP contribution in [0.25, 0.3) is 22.3 Å². The van der Waals surface area contributed by atoms with Crippen LogP contribution < -0.4 is 4.90 Å². The standard InChI is InChI=1S/C18H13N3O/c1-21(2)15-5-4-13-8-18(22-17(13)9-15)16-6-3-12(10-19)7-14(16)11-20/h3-9H,1-2H3. The zero-order chi connectivity index (χ0) is 15.7. The van der Waals surface area contributed by atoms with Crippen LogP contribution in [0.1, 0.15) is 11.1 Å². The van der Waals surface area contributed by atoms with Gasteiger partial charge in [-0.2, -0.15) is 10.5 Å². The van der Waals surface area contributed by atoms with Crippen LogP contribution in [0.3, 0.4) is 0 Å². The second-order valence-electron chi connectivity index (χ2n) is 5.21. The Morgan fingerprint density at radius 1 is 0.955 bits per heavy atom. The van der Waals surface area contributed by atoms with E-state index in [1.807, 2.05) is 49.3 Å². The molecule has 0 aliphatic carbocycles. The van der Waals surface area contributed by atoms with Crippen molar-refractivity contribution in [3.05, 3.63) is 53.6 Å². The topological polar surface area (TPSA) is 64.0 Å². The third kappa shape index (κ3) is 2.28. The Morgan fingerprint density at radius 3 is 2.45 bits per heavy atom. The average Bonchev–Trinajstić information content (AvgIpc) is 2.96. The minimum Gasteiger partial charge on any atom is -0.456 e. The Labute approximate surface area is 128 Å². The van der Waals surface area contributed by atoms with E-state index in [2.05, 4.69) is 6.07 Å². The fourth-order valence-electron chi connectivity index (χ4n) is 2.35. The first-order chi connectivity index (χ1) is 10.6. The molecular weight excluding hydrogens is 274 g/mol. The van der Waals surface area contributed by atoms with E-state index in [0.29, 0.717) is 22.5 Å². The maximum absolute atomic E-state index is 9.28. The van der Waals surface area contributed by atoms with Crippen molar-refractivity contribution in [3.63, 3.8) is 0 Å². The van der Waals surface area contributed by atoms with E-state index in [4.69, 9.17) is 9.68 Å². The molecular formula is C18H13N3O. The quantitative estimate of drug-likeness (QED) is 0.716. The fraction of sp³-hybridized carbons (Fsp3) is 0.111. The smallest absolute Gasteiger partial charge is 0.136 e. The summed E-state index contributed by atoms with van der Waals surface area (Å²) in [5.41, 5.74) is 3.42. The largest absolute Gasteiger partial charge is 0.456 e. The summed E-state index contributed by atoms with van der Waals surface area (Å²) in [5.74, 6) is 0.631. The molecule has 0 aliphatic heterocycles. The number of hydrogen-bond acceptors (Lipinski definition) is 4. The van der Waals surface area contributed by atoms with Crippen molar-refractivity contribution in [3.8, 4) is 23.5 Å². The molecule has 0 amide bonds. The van der Waals surface area contributed by atoms with Crippen LogP contribution in [0, 0.1) is 22.7 Å². The highest BCUT2D eigenvalue weighted by molar-refractivity contribution is 5.86. The zero-order valence-electron chi connectivity index (χ0n) is 12.3. The lowest BCUT2D eigenvalue weighted by Crippen LogP contribution is -2.07. The highest BCUT2D eigenvalue weighted by Gasteiger charge is 2.12. The van der Waals surface area contributed by atoms with Gasteiger partial charge in [-0.15, -0.1) is 0 Å². The molecule has 106 valence electrons. The molecule has 1 heterocycles. The van der Waals surface area contributed by atoms with Crippen LogP contribution in [-0.4, -0.2) is 14.1 Å². The molecule has 0 N–H and O–H groups in total. The Balaban J connectivity index is 2.15. The lowest BCUT2D eigenvalue weighted by atomic mass is 10.0. The number of rotatable bonds is 2. The Bertz CT molecular complexity index is 939. The monoisotopic (exact) mass is 287 g/mol. The molecule has 0 saturated heterocycles. The molecule has 0 saturated carbocycles. The molecule has 0 radical (unpaired) electrons. The summed E-state index contributed by atoms with van der Waals surface area (Å²) < 4.78 is 5.90. The molecule has 0 fully saturated rings. The molecule has 0 spiro atoms. The predicted molar refractivity (Wildman–Crippen MR) is 85.4 cm³/mol. The number of fused-ring (bicyclic) bond motifs is 1. The highest BCUT2D eigenvalue weighted by atomic mass is 16.3. The van der Waals surface area contributed by atoms with Crippen molar-refractivity contribution in [1.29, 1.82) is 10.5 Å². The Kier molecular flexibility index (Phi) is 3.29. The molecule has 0 bridgehead atoms. The lowest BCUT2D eigenvalue weighted by Gasteiger charge is -2.11. The zero-order valence-corrected chi connectivity index (χ0v) is 12.3. The predicted octanol–water partition coefficient (Wildman–Crippen LogP) is 3.91. The van der Waals surface area contributed by atoms with Crippen LogP contribution in [-0.2, 0) is 0 Å². The van der Waals surface area contributed by atoms with Gasteiger partial charge in [0, 0.05) is 36.8 Å². The van der Waals surface area contributed by atoms with Gasteiger partial charge >= 0.3 is 0 Å². The van der Waals surface area contributed by atoms with Gasteiger partial charge in [-0.3, -0.25) is 0 Å². The molecule has 0 aliphatic rings. The SMILES string of the molecule is CN(C)c1ccc2cc(-c3ccc(C#N)cc3C#N)oc2c1. The summed E-state index contributed by atoms with van der Waals surface area (Å²) in [6.07, 6.45) is 0. The van der Waals surface area contributed by atoms with E-state index in [9.17, 15) is 5.26 Å². The number of benzene rings is 2. The first kappa shape index (κ1) is 13.7. The molecule has 3 aromatic rings. The van der Waals surface area contributed by atoms with Crippen LogP contribution in [0.5, 0.6) is 0 Å². The normalized spacial score (nSPS) is 10.2. The Hall–Kier alpha value is -3.24. The van der Waals surface area contributed by atoms with Crippen molar-refractivity contribution in [2.24, 2.45) is 0 Å². The van der Waals surface area contributed by atoms with E-state index in [0.717, 1.165) is 16.7 Å². The number of hydrogen-bond donors (Lipinski definition) is 0. The number of anilines is 1. The van der Waals surface area contributed by atoms with Gasteiger partial charge in [0.1, 0.15) is 11.3 Å². The lowest BCUT2D eigenvalue weighted by molar-refractivity contribution is 0.631. The third-order valence-corrected chi connectivity index (χ3v) is 3.55. The van der Waals surface area contributed by atoms with Crippen LogP contribution in [0.4, 0.5) is 5.69 Å². The van der Waals surface area contributed by atoms with Crippen molar-refractivity contribution in [2.45, 2.75) is 0 Å². The molecule has 4 nitrogen and oxygen atoms in total. The van der Waals surface area contributed by atoms with E-state index in [1.165, 1.54) is 0 Å². The van der Waals surface area contributed by atoms with E-state index >= 15 is 0 Å². The number of nitriles is 2. The van der Waals surface area contributed by atoms with Crippen LogP contribution >= 0.6 is 0 Å². The maximum atomic E-state index is 9.28. The van der Waals surface area contributed by atoms with Crippen LogP contribution in [0.15, 0.2) is 46.9 Å². The maximum Gasteiger partial charge on any atom is 0.136 e. The summed E-state index contributed by atoms with van der Waals surface area (Å²) in [7, 11) is 3.94. The van der Waals surface area contributed by atoms with Crippen molar-refractivity contribution in [2.75, 3.05) is 19.0 Å². The second-order valence-corrected chi connectivity index (χ2v) is 5.21. The van der Waals surface area contributed by atoms with Gasteiger partial charge in [0.15, 0.2) is 0 Å². The Morgan fingerprint density at radius 2 is 1.77 bits per heavy atom. The minimum atomic E-state index is 0.436. The number of nitrogens with zero attached hydrogens (tertiary/aromatic N) is 3. The molecule has 0 atom stereocenters. The summed E-state index contributed by atoms with van der Waals surface area (Å²) in [6.45, 7) is 0. The highest BCUT2D eigenvalue weighted by Crippen LogP contribution is 2.32. The molecule has 22 heavy (non-hydrogen) atoms. The second kappa shape index (κ2) is 5.27. The summed E-state index contributed by atoms with van der Waals surface area (Å²) in [6, 6.07) is 17.1. The van der Waals surface area contributed by atoms with Crippen molar-refractivity contribution >= 4 is 16.7 Å². The summed E-state index contributed by atoms with van der Waals surface area (Å²) >= 11 is 0. The summed E-state index contributed by atoms with van der Waals surface area (Å²) in [5, 5.41) is 19.2. The first-order valence-electron chi connectivity index (χ1n) is 6.78. The molecule has 4 heteroatoms. The van der Waals surface area contributed by atoms with Crippen molar-refractivity contribution in [1.82, 2.24) is 0 Å². The van der Waals surface area contributed by atoms with Gasteiger partial charge in [-0.1, -0.05) is 0 Å². The molecule has 0 unspecified atom stereocenters. The van der Waals surface area contributed by atoms with E-state index < -0.39 is 0 Å². The first-order valence-corrected chi connectivity index (χ1v) is 6.78. The summed E-state index contributed by atoms with van der Waals surface area (Å²) in [4.78, 5) is 2.00. The fourth-order valence-corrected chi connectivity index (χ4v) is 2.35. The van der Waals surface area contributed by atoms with Gasteiger partial charge in [0.25, 0.3) is 0 Å². The molecule has 1 aromatic heterocycles. The van der Waals surface area contributed by atoms with Crippen molar-refractivity contribution < 1.29 is 4.42 Å². The van der Waals surface area contributed by atoms with E-state index in [-0.39, 0.29) is 0 Å². The number of furan rings is 1. The van der Waals surface area contributed by atoms with Gasteiger partial charge in [-0.25, -0.2) is 0 Å². The average molecular weight is 287 g/mol. The molecule has 2 aromatic carbocycles. The molecule has 3 rings (SSSR count). The van der Waals surface area contributed by atoms with Gasteiger partial charge in [-0.05, 0) is 36.4 Å².